The van der Waals surface area contributed by atoms with Crippen molar-refractivity contribution in [1.82, 2.24) is 0 Å². The molecule has 3 aromatic rings. The van der Waals surface area contributed by atoms with Gasteiger partial charge in [-0.1, -0.05) is 24.3 Å². The van der Waals surface area contributed by atoms with Gasteiger partial charge < -0.3 is 0 Å². The number of anilines is 2. The van der Waals surface area contributed by atoms with Crippen LogP contribution in [0.2, 0.25) is 0 Å². The van der Waals surface area contributed by atoms with Crippen LogP contribution in [0.25, 0.3) is 21.5 Å². The fourth-order valence-electron chi connectivity index (χ4n) is 3.62. The highest BCUT2D eigenvalue weighted by Gasteiger charge is 2.26. The van der Waals surface area contributed by atoms with E-state index in [1.165, 1.54) is 24.3 Å². The molecule has 6 heteroatoms. The number of imide groups is 2. The number of amides is 4. The van der Waals surface area contributed by atoms with Crippen molar-refractivity contribution in [2.45, 2.75) is 0 Å². The third kappa shape index (κ3) is 2.28. The Hall–Kier alpha value is -4.06. The van der Waals surface area contributed by atoms with E-state index in [0.717, 1.165) is 31.3 Å². The van der Waals surface area contributed by atoms with Crippen molar-refractivity contribution in [2.75, 3.05) is 9.80 Å². The molecule has 28 heavy (non-hydrogen) atoms. The van der Waals surface area contributed by atoms with E-state index in [9.17, 15) is 19.2 Å². The fraction of sp³-hybridized carbons (Fsp3) is 0. The van der Waals surface area contributed by atoms with E-state index >= 15 is 0 Å². The molecule has 0 spiro atoms. The normalized spacial score (nSPS) is 16.4. The predicted octanol–water partition coefficient (Wildman–Crippen LogP) is 2.85. The van der Waals surface area contributed by atoms with Crippen LogP contribution in [0.3, 0.4) is 0 Å². The van der Waals surface area contributed by atoms with Gasteiger partial charge in [0.2, 0.25) is 0 Å². The van der Waals surface area contributed by atoms with Crippen molar-refractivity contribution in [3.8, 4) is 0 Å². The first-order chi connectivity index (χ1) is 13.5. The van der Waals surface area contributed by atoms with E-state index < -0.39 is 0 Å². The molecule has 0 fully saturated rings. The van der Waals surface area contributed by atoms with Crippen molar-refractivity contribution in [2.24, 2.45) is 0 Å². The van der Waals surface area contributed by atoms with Gasteiger partial charge in [0.1, 0.15) is 0 Å². The lowest BCUT2D eigenvalue weighted by atomic mass is 10.0. The molecule has 3 aromatic carbocycles. The molecule has 6 nitrogen and oxygen atoms in total. The maximum atomic E-state index is 12.0. The van der Waals surface area contributed by atoms with Gasteiger partial charge in [0.25, 0.3) is 23.6 Å². The van der Waals surface area contributed by atoms with E-state index in [1.54, 1.807) is 24.3 Å². The van der Waals surface area contributed by atoms with Crippen LogP contribution in [0.1, 0.15) is 0 Å². The molecule has 2 heterocycles. The van der Waals surface area contributed by atoms with Crippen LogP contribution in [0.4, 0.5) is 11.4 Å². The zero-order chi connectivity index (χ0) is 19.4. The molecule has 5 rings (SSSR count). The molecule has 134 valence electrons. The zero-order valence-corrected chi connectivity index (χ0v) is 14.5. The maximum Gasteiger partial charge on any atom is 0.258 e. The number of fused-ring (bicyclic) bond motifs is 3. The Bertz CT molecular complexity index is 1270. The molecule has 0 atom stereocenters. The van der Waals surface area contributed by atoms with Gasteiger partial charge in [0.05, 0.1) is 11.4 Å². The van der Waals surface area contributed by atoms with E-state index in [0.29, 0.717) is 11.4 Å². The molecule has 0 saturated carbocycles. The zero-order valence-electron chi connectivity index (χ0n) is 14.5. The standard InChI is InChI=1S/C22H12N2O4/c25-19-7-8-20(26)23(19)15-5-6-17-14(11-15)2-1-13-3-4-16(12-18(13)17)24-21(27)9-10-22(24)28/h1-12H. The minimum absolute atomic E-state index is 0.369. The van der Waals surface area contributed by atoms with Crippen molar-refractivity contribution < 1.29 is 19.2 Å². The summed E-state index contributed by atoms with van der Waals surface area (Å²) in [5.41, 5.74) is 0.996. The Balaban J connectivity index is 1.66. The Morgan fingerprint density at radius 3 is 1.54 bits per heavy atom. The van der Waals surface area contributed by atoms with Crippen LogP contribution in [0, 0.1) is 0 Å². The van der Waals surface area contributed by atoms with Crippen molar-refractivity contribution in [3.63, 3.8) is 0 Å². The molecule has 0 saturated heterocycles. The molecule has 0 unspecified atom stereocenters. The van der Waals surface area contributed by atoms with Crippen LogP contribution in [0.15, 0.2) is 72.8 Å². The van der Waals surface area contributed by atoms with Crippen molar-refractivity contribution in [3.05, 3.63) is 72.8 Å². The molecule has 0 aromatic heterocycles. The quantitative estimate of drug-likeness (QED) is 0.515. The molecule has 2 aliphatic heterocycles. The molecule has 0 radical (unpaired) electrons. The van der Waals surface area contributed by atoms with Gasteiger partial charge in [-0.3, -0.25) is 19.2 Å². The Labute approximate surface area is 158 Å². The average molecular weight is 368 g/mol. The molecule has 2 aliphatic rings. The van der Waals surface area contributed by atoms with Crippen LogP contribution in [-0.4, -0.2) is 23.6 Å². The minimum Gasteiger partial charge on any atom is -0.269 e. The molecular formula is C22H12N2O4. The Morgan fingerprint density at radius 1 is 0.464 bits per heavy atom. The van der Waals surface area contributed by atoms with Gasteiger partial charge in [0, 0.05) is 24.3 Å². The largest absolute Gasteiger partial charge is 0.269 e. The summed E-state index contributed by atoms with van der Waals surface area (Å²) >= 11 is 0. The van der Waals surface area contributed by atoms with Crippen LogP contribution >= 0.6 is 0 Å². The van der Waals surface area contributed by atoms with Gasteiger partial charge in [-0.2, -0.15) is 0 Å². The Kier molecular flexibility index (Phi) is 3.30. The second-order valence-electron chi connectivity index (χ2n) is 6.57. The van der Waals surface area contributed by atoms with Crippen molar-refractivity contribution in [1.29, 1.82) is 0 Å². The van der Waals surface area contributed by atoms with Gasteiger partial charge in [-0.15, -0.1) is 0 Å². The summed E-state index contributed by atoms with van der Waals surface area (Å²) in [6.07, 6.45) is 4.99. The lowest BCUT2D eigenvalue weighted by Gasteiger charge is -2.17. The SMILES string of the molecule is O=C1C=CC(=O)N1c1ccc2c(ccc3ccc(N4C(=O)C=CC4=O)cc32)c1. The van der Waals surface area contributed by atoms with E-state index in [-0.39, 0.29) is 23.6 Å². The third-order valence-electron chi connectivity index (χ3n) is 4.94. The van der Waals surface area contributed by atoms with Gasteiger partial charge in [-0.05, 0) is 45.8 Å². The van der Waals surface area contributed by atoms with Crippen LogP contribution in [0.5, 0.6) is 0 Å². The number of hydrogen-bond acceptors (Lipinski definition) is 4. The highest BCUT2D eigenvalue weighted by molar-refractivity contribution is 6.29. The lowest BCUT2D eigenvalue weighted by molar-refractivity contribution is -0.121. The number of hydrogen-bond donors (Lipinski definition) is 0. The number of carbonyl (C=O) groups excluding carboxylic acids is 4. The van der Waals surface area contributed by atoms with E-state index in [2.05, 4.69) is 0 Å². The van der Waals surface area contributed by atoms with Gasteiger partial charge in [-0.25, -0.2) is 9.80 Å². The number of rotatable bonds is 2. The minimum atomic E-state index is -0.370. The first-order valence-electron chi connectivity index (χ1n) is 8.62. The van der Waals surface area contributed by atoms with E-state index in [1.807, 2.05) is 24.3 Å². The summed E-state index contributed by atoms with van der Waals surface area (Å²) in [5, 5.41) is 3.55. The molecule has 0 bridgehead atoms. The topological polar surface area (TPSA) is 74.8 Å². The first-order valence-corrected chi connectivity index (χ1v) is 8.62. The number of benzene rings is 3. The second-order valence-corrected chi connectivity index (χ2v) is 6.57. The fourth-order valence-corrected chi connectivity index (χ4v) is 3.62. The van der Waals surface area contributed by atoms with Crippen LogP contribution < -0.4 is 9.80 Å². The first kappa shape index (κ1) is 16.1. The predicted molar refractivity (Wildman–Crippen MR) is 105 cm³/mol. The van der Waals surface area contributed by atoms with Gasteiger partial charge >= 0.3 is 0 Å². The van der Waals surface area contributed by atoms with Crippen LogP contribution in [-0.2, 0) is 19.2 Å². The Morgan fingerprint density at radius 2 is 0.929 bits per heavy atom. The highest BCUT2D eigenvalue weighted by Crippen LogP contribution is 2.33. The van der Waals surface area contributed by atoms with E-state index in [4.69, 9.17) is 0 Å². The highest BCUT2D eigenvalue weighted by atomic mass is 16.2. The summed E-state index contributed by atoms with van der Waals surface area (Å²) in [7, 11) is 0. The summed E-state index contributed by atoms with van der Waals surface area (Å²) in [4.78, 5) is 50.1. The smallest absolute Gasteiger partial charge is 0.258 e. The second kappa shape index (κ2) is 5.72. The lowest BCUT2D eigenvalue weighted by Crippen LogP contribution is -2.29. The average Bonchev–Trinajstić information content (AvgIpc) is 3.21. The number of nitrogens with zero attached hydrogens (tertiary/aromatic N) is 2. The summed E-state index contributed by atoms with van der Waals surface area (Å²) < 4.78 is 0. The molecular weight excluding hydrogens is 356 g/mol. The van der Waals surface area contributed by atoms with Crippen molar-refractivity contribution >= 4 is 56.5 Å². The molecule has 0 aliphatic carbocycles. The third-order valence-corrected chi connectivity index (χ3v) is 4.94. The monoisotopic (exact) mass is 368 g/mol. The maximum absolute atomic E-state index is 12.0. The summed E-state index contributed by atoms with van der Waals surface area (Å²) in [6.45, 7) is 0. The summed E-state index contributed by atoms with van der Waals surface area (Å²) in [6, 6.07) is 14.5. The summed E-state index contributed by atoms with van der Waals surface area (Å²) in [5.74, 6) is -1.48. The van der Waals surface area contributed by atoms with Gasteiger partial charge in [0.15, 0.2) is 0 Å². The molecule has 0 N–H and O–H groups in total. The molecule has 4 amide bonds. The number of carbonyl (C=O) groups is 4.